The Kier molecular flexibility index (Phi) is 1.97. The van der Waals surface area contributed by atoms with E-state index < -0.39 is 9.84 Å². The van der Waals surface area contributed by atoms with Crippen LogP contribution in [-0.4, -0.2) is 29.6 Å². The summed E-state index contributed by atoms with van der Waals surface area (Å²) in [5.74, 6) is 0. The van der Waals surface area contributed by atoms with E-state index in [9.17, 15) is 8.42 Å². The van der Waals surface area contributed by atoms with Gasteiger partial charge in [-0.3, -0.25) is 0 Å². The molecule has 2 rings (SSSR count). The third kappa shape index (κ3) is 1.58. The van der Waals surface area contributed by atoms with Gasteiger partial charge >= 0.3 is 0 Å². The molecule has 0 atom stereocenters. The number of pyridine rings is 1. The molecule has 0 amide bonds. The average molecular weight is 232 g/mol. The van der Waals surface area contributed by atoms with E-state index in [1.165, 1.54) is 12.3 Å². The molecule has 0 aromatic carbocycles. The molecule has 7 heteroatoms. The molecule has 0 saturated heterocycles. The standard InChI is InChI=1S/C7H6ClN3O2S/c1-14(12,13)7-10-4-2-6(8)9-3-5(4)11-7/h2-3H,1H3,(H,10,11). The van der Waals surface area contributed by atoms with Crippen LogP contribution in [0.5, 0.6) is 0 Å². The van der Waals surface area contributed by atoms with Gasteiger partial charge in [0.15, 0.2) is 0 Å². The van der Waals surface area contributed by atoms with E-state index in [0.29, 0.717) is 11.0 Å². The topological polar surface area (TPSA) is 75.7 Å². The SMILES string of the molecule is CS(=O)(=O)c1nc2cc(Cl)ncc2[nH]1. The molecule has 0 unspecified atom stereocenters. The molecular weight excluding hydrogens is 226 g/mol. The van der Waals surface area contributed by atoms with Crippen molar-refractivity contribution in [1.82, 2.24) is 15.0 Å². The van der Waals surface area contributed by atoms with Gasteiger partial charge in [0.25, 0.3) is 0 Å². The molecule has 0 spiro atoms. The lowest BCUT2D eigenvalue weighted by Crippen LogP contribution is -1.98. The van der Waals surface area contributed by atoms with Crippen LogP contribution in [0.2, 0.25) is 5.15 Å². The average Bonchev–Trinajstić information content (AvgIpc) is 2.45. The summed E-state index contributed by atoms with van der Waals surface area (Å²) in [7, 11) is -3.32. The van der Waals surface area contributed by atoms with E-state index in [1.54, 1.807) is 0 Å². The summed E-state index contributed by atoms with van der Waals surface area (Å²) >= 11 is 5.63. The molecule has 0 radical (unpaired) electrons. The minimum absolute atomic E-state index is 0.0726. The van der Waals surface area contributed by atoms with Crippen molar-refractivity contribution in [3.05, 3.63) is 17.4 Å². The van der Waals surface area contributed by atoms with Crippen LogP contribution in [0.3, 0.4) is 0 Å². The Morgan fingerprint density at radius 1 is 1.50 bits per heavy atom. The summed E-state index contributed by atoms with van der Waals surface area (Å²) in [4.78, 5) is 10.3. The molecule has 14 heavy (non-hydrogen) atoms. The van der Waals surface area contributed by atoms with Crippen molar-refractivity contribution in [3.8, 4) is 0 Å². The normalized spacial score (nSPS) is 12.1. The zero-order chi connectivity index (χ0) is 10.3. The number of halogens is 1. The molecule has 0 saturated carbocycles. The Morgan fingerprint density at radius 3 is 2.86 bits per heavy atom. The van der Waals surface area contributed by atoms with Gasteiger partial charge in [-0.05, 0) is 0 Å². The highest BCUT2D eigenvalue weighted by atomic mass is 35.5. The number of nitrogens with one attached hydrogen (secondary N) is 1. The molecule has 5 nitrogen and oxygen atoms in total. The summed E-state index contributed by atoms with van der Waals surface area (Å²) in [6.45, 7) is 0. The molecule has 2 aromatic rings. The van der Waals surface area contributed by atoms with Gasteiger partial charge in [-0.2, -0.15) is 0 Å². The third-order valence-corrected chi connectivity index (χ3v) is 2.77. The number of rotatable bonds is 1. The lowest BCUT2D eigenvalue weighted by Gasteiger charge is -1.86. The second-order valence-electron chi connectivity index (χ2n) is 2.84. The molecule has 2 aromatic heterocycles. The molecule has 74 valence electrons. The van der Waals surface area contributed by atoms with E-state index >= 15 is 0 Å². The predicted molar refractivity (Wildman–Crippen MR) is 52.0 cm³/mol. The van der Waals surface area contributed by atoms with Crippen molar-refractivity contribution in [2.45, 2.75) is 5.16 Å². The number of hydrogen-bond donors (Lipinski definition) is 1. The summed E-state index contributed by atoms with van der Waals surface area (Å²) < 4.78 is 22.3. The molecule has 0 bridgehead atoms. The van der Waals surface area contributed by atoms with Gasteiger partial charge in [0.2, 0.25) is 15.0 Å². The predicted octanol–water partition coefficient (Wildman–Crippen LogP) is 1.01. The van der Waals surface area contributed by atoms with Gasteiger partial charge in [-0.25, -0.2) is 18.4 Å². The van der Waals surface area contributed by atoms with Crippen molar-refractivity contribution in [1.29, 1.82) is 0 Å². The van der Waals surface area contributed by atoms with Gasteiger partial charge < -0.3 is 4.98 Å². The summed E-state index contributed by atoms with van der Waals surface area (Å²) in [6, 6.07) is 1.50. The highest BCUT2D eigenvalue weighted by Crippen LogP contribution is 2.16. The van der Waals surface area contributed by atoms with Crippen LogP contribution in [0.4, 0.5) is 0 Å². The first kappa shape index (κ1) is 9.42. The maximum Gasteiger partial charge on any atom is 0.225 e. The van der Waals surface area contributed by atoms with Gasteiger partial charge in [0.05, 0.1) is 17.2 Å². The lowest BCUT2D eigenvalue weighted by atomic mass is 10.4. The van der Waals surface area contributed by atoms with Crippen LogP contribution in [0, 0.1) is 0 Å². The fourth-order valence-corrected chi connectivity index (χ4v) is 1.75. The van der Waals surface area contributed by atoms with Gasteiger partial charge in [-0.15, -0.1) is 0 Å². The number of fused-ring (bicyclic) bond motifs is 1. The van der Waals surface area contributed by atoms with E-state index in [0.717, 1.165) is 6.26 Å². The van der Waals surface area contributed by atoms with Crippen LogP contribution in [0.25, 0.3) is 11.0 Å². The number of hydrogen-bond acceptors (Lipinski definition) is 4. The smallest absolute Gasteiger partial charge is 0.225 e. The number of H-pyrrole nitrogens is 1. The van der Waals surface area contributed by atoms with Gasteiger partial charge in [-0.1, -0.05) is 11.6 Å². The fraction of sp³-hybridized carbons (Fsp3) is 0.143. The van der Waals surface area contributed by atoms with Crippen molar-refractivity contribution < 1.29 is 8.42 Å². The molecule has 0 aliphatic rings. The Hall–Kier alpha value is -1.14. The summed E-state index contributed by atoms with van der Waals surface area (Å²) in [5, 5.41) is 0.209. The van der Waals surface area contributed by atoms with E-state index in [2.05, 4.69) is 15.0 Å². The first-order chi connectivity index (χ1) is 6.47. The van der Waals surface area contributed by atoms with Crippen LogP contribution in [0.1, 0.15) is 0 Å². The maximum absolute atomic E-state index is 11.1. The zero-order valence-corrected chi connectivity index (χ0v) is 8.72. The largest absolute Gasteiger partial charge is 0.327 e. The number of aromatic nitrogens is 3. The van der Waals surface area contributed by atoms with E-state index in [-0.39, 0.29) is 10.3 Å². The molecule has 0 aliphatic carbocycles. The Morgan fingerprint density at radius 2 is 2.21 bits per heavy atom. The number of sulfone groups is 1. The van der Waals surface area contributed by atoms with Crippen molar-refractivity contribution in [2.24, 2.45) is 0 Å². The zero-order valence-electron chi connectivity index (χ0n) is 7.15. The monoisotopic (exact) mass is 231 g/mol. The Bertz CT molecular complexity index is 590. The second-order valence-corrected chi connectivity index (χ2v) is 5.16. The number of aromatic amines is 1. The highest BCUT2D eigenvalue weighted by Gasteiger charge is 2.12. The fourth-order valence-electron chi connectivity index (χ4n) is 1.04. The van der Waals surface area contributed by atoms with Crippen LogP contribution < -0.4 is 0 Å². The van der Waals surface area contributed by atoms with Crippen molar-refractivity contribution >= 4 is 32.5 Å². The molecule has 0 aliphatic heterocycles. The minimum Gasteiger partial charge on any atom is -0.327 e. The molecule has 1 N–H and O–H groups in total. The third-order valence-electron chi connectivity index (χ3n) is 1.66. The van der Waals surface area contributed by atoms with Gasteiger partial charge in [0, 0.05) is 12.3 Å². The van der Waals surface area contributed by atoms with Gasteiger partial charge in [0.1, 0.15) is 5.15 Å². The molecule has 0 fully saturated rings. The number of imidazole rings is 1. The van der Waals surface area contributed by atoms with Crippen LogP contribution in [0.15, 0.2) is 17.4 Å². The van der Waals surface area contributed by atoms with Crippen molar-refractivity contribution in [2.75, 3.05) is 6.26 Å². The van der Waals surface area contributed by atoms with E-state index in [4.69, 9.17) is 11.6 Å². The Balaban J connectivity index is 2.75. The second kappa shape index (κ2) is 2.93. The quantitative estimate of drug-likeness (QED) is 0.744. The van der Waals surface area contributed by atoms with E-state index in [1.807, 2.05) is 0 Å². The minimum atomic E-state index is -3.32. The lowest BCUT2D eigenvalue weighted by molar-refractivity contribution is 0.595. The van der Waals surface area contributed by atoms with Crippen LogP contribution >= 0.6 is 11.6 Å². The first-order valence-electron chi connectivity index (χ1n) is 3.68. The summed E-state index contributed by atoms with van der Waals surface area (Å²) in [6.07, 6.45) is 2.53. The highest BCUT2D eigenvalue weighted by molar-refractivity contribution is 7.90. The van der Waals surface area contributed by atoms with Crippen molar-refractivity contribution in [3.63, 3.8) is 0 Å². The maximum atomic E-state index is 11.1. The summed E-state index contributed by atoms with van der Waals surface area (Å²) in [5.41, 5.74) is 1.04. The molecule has 2 heterocycles. The molecular formula is C7H6ClN3O2S. The number of nitrogens with zero attached hydrogens (tertiary/aromatic N) is 2. The van der Waals surface area contributed by atoms with Crippen LogP contribution in [-0.2, 0) is 9.84 Å². The Labute approximate surface area is 85.1 Å². The first-order valence-corrected chi connectivity index (χ1v) is 5.95.